The van der Waals surface area contributed by atoms with E-state index < -0.39 is 6.04 Å². The summed E-state index contributed by atoms with van der Waals surface area (Å²) in [5.74, 6) is 0.829. The first-order chi connectivity index (χ1) is 12.8. The molecule has 0 spiro atoms. The van der Waals surface area contributed by atoms with Crippen LogP contribution in [0.5, 0.6) is 5.75 Å². The summed E-state index contributed by atoms with van der Waals surface area (Å²) in [6.07, 6.45) is 5.27. The average Bonchev–Trinajstić information content (AvgIpc) is 2.66. The minimum atomic E-state index is -0.500. The van der Waals surface area contributed by atoms with Crippen LogP contribution >= 0.6 is 0 Å². The molecule has 1 atom stereocenters. The highest BCUT2D eigenvalue weighted by molar-refractivity contribution is 5.88. The average molecular weight is 375 g/mol. The molecule has 0 bridgehead atoms. The second-order valence-electron chi connectivity index (χ2n) is 8.07. The van der Waals surface area contributed by atoms with E-state index in [1.54, 1.807) is 19.1 Å². The van der Waals surface area contributed by atoms with Gasteiger partial charge in [-0.15, -0.1) is 0 Å². The molecule has 2 amide bonds. The molecule has 5 nitrogen and oxygen atoms in total. The van der Waals surface area contributed by atoms with Gasteiger partial charge in [-0.2, -0.15) is 0 Å². The van der Waals surface area contributed by atoms with Crippen LogP contribution in [-0.2, 0) is 16.1 Å². The van der Waals surface area contributed by atoms with Crippen molar-refractivity contribution in [1.29, 1.82) is 0 Å². The normalized spacial score (nSPS) is 16.1. The topological polar surface area (TPSA) is 58.6 Å². The Balaban J connectivity index is 2.06. The summed E-state index contributed by atoms with van der Waals surface area (Å²) in [6, 6.07) is 5.45. The number of carbonyl (C=O) groups is 2. The van der Waals surface area contributed by atoms with E-state index in [4.69, 9.17) is 4.74 Å². The zero-order chi connectivity index (χ0) is 20.0. The van der Waals surface area contributed by atoms with Gasteiger partial charge in [0, 0.05) is 25.1 Å². The van der Waals surface area contributed by atoms with Crippen molar-refractivity contribution in [2.24, 2.45) is 11.8 Å². The predicted octanol–water partition coefficient (Wildman–Crippen LogP) is 3.68. The number of amides is 2. The lowest BCUT2D eigenvalue weighted by molar-refractivity contribution is -0.138. The number of ether oxygens (including phenoxy) is 1. The van der Waals surface area contributed by atoms with Crippen LogP contribution in [0.2, 0.25) is 0 Å². The molecule has 5 heteroatoms. The number of nitrogens with one attached hydrogen (secondary N) is 1. The van der Waals surface area contributed by atoms with Gasteiger partial charge in [0.05, 0.1) is 7.11 Å². The van der Waals surface area contributed by atoms with Crippen molar-refractivity contribution < 1.29 is 14.3 Å². The van der Waals surface area contributed by atoms with Crippen LogP contribution in [0.25, 0.3) is 0 Å². The van der Waals surface area contributed by atoms with E-state index in [1.165, 1.54) is 6.42 Å². The zero-order valence-electron chi connectivity index (χ0n) is 17.4. The Bertz CT molecular complexity index is 651. The van der Waals surface area contributed by atoms with Gasteiger partial charge in [-0.3, -0.25) is 9.59 Å². The van der Waals surface area contributed by atoms with E-state index in [-0.39, 0.29) is 23.7 Å². The molecule has 0 heterocycles. The zero-order valence-corrected chi connectivity index (χ0v) is 17.4. The molecular weight excluding hydrogens is 340 g/mol. The maximum Gasteiger partial charge on any atom is 0.245 e. The number of rotatable bonds is 7. The Hall–Kier alpha value is -2.04. The van der Waals surface area contributed by atoms with Crippen molar-refractivity contribution in [2.45, 2.75) is 65.5 Å². The Kier molecular flexibility index (Phi) is 7.69. The first kappa shape index (κ1) is 21.3. The molecule has 0 saturated heterocycles. The summed E-state index contributed by atoms with van der Waals surface area (Å²) in [5, 5.41) is 3.03. The number of hydrogen-bond donors (Lipinski definition) is 1. The van der Waals surface area contributed by atoms with Gasteiger partial charge in [-0.25, -0.2) is 0 Å². The summed E-state index contributed by atoms with van der Waals surface area (Å²) >= 11 is 0. The number of methoxy groups -OCH3 is 1. The lowest BCUT2D eigenvalue weighted by Gasteiger charge is -2.30. The third-order valence-corrected chi connectivity index (χ3v) is 5.43. The molecule has 1 aliphatic rings. The van der Waals surface area contributed by atoms with E-state index in [2.05, 4.69) is 5.32 Å². The lowest BCUT2D eigenvalue weighted by atomic mass is 9.88. The quantitative estimate of drug-likeness (QED) is 0.792. The van der Waals surface area contributed by atoms with E-state index in [9.17, 15) is 9.59 Å². The molecule has 1 aromatic rings. The van der Waals surface area contributed by atoms with Gasteiger partial charge in [0.2, 0.25) is 11.8 Å². The third kappa shape index (κ3) is 5.72. The maximum absolute atomic E-state index is 13.1. The summed E-state index contributed by atoms with van der Waals surface area (Å²) < 4.78 is 5.43. The van der Waals surface area contributed by atoms with Gasteiger partial charge in [0.25, 0.3) is 0 Å². The fourth-order valence-corrected chi connectivity index (χ4v) is 3.75. The molecule has 1 aliphatic carbocycles. The highest BCUT2D eigenvalue weighted by Gasteiger charge is 2.30. The summed E-state index contributed by atoms with van der Waals surface area (Å²) in [4.78, 5) is 27.4. The minimum absolute atomic E-state index is 0.0308. The Morgan fingerprint density at radius 2 is 1.89 bits per heavy atom. The molecular formula is C22H34N2O3. The van der Waals surface area contributed by atoms with Crippen molar-refractivity contribution in [3.05, 3.63) is 29.3 Å². The molecule has 1 N–H and O–H groups in total. The Labute approximate surface area is 163 Å². The number of benzene rings is 1. The smallest absolute Gasteiger partial charge is 0.245 e. The SMILES string of the molecule is COc1ccc(C)cc1CN(C)C(=O)[C@H](NC(=O)C1CCCCC1)C(C)C. The fraction of sp³-hybridized carbons (Fsp3) is 0.636. The molecule has 0 aliphatic heterocycles. The first-order valence-electron chi connectivity index (χ1n) is 10.0. The van der Waals surface area contributed by atoms with Gasteiger partial charge < -0.3 is 15.0 Å². The Morgan fingerprint density at radius 1 is 1.22 bits per heavy atom. The second-order valence-corrected chi connectivity index (χ2v) is 8.07. The monoisotopic (exact) mass is 374 g/mol. The fourth-order valence-electron chi connectivity index (χ4n) is 3.75. The van der Waals surface area contributed by atoms with Crippen molar-refractivity contribution in [2.75, 3.05) is 14.2 Å². The minimum Gasteiger partial charge on any atom is -0.496 e. The Morgan fingerprint density at radius 3 is 2.48 bits per heavy atom. The van der Waals surface area contributed by atoms with E-state index >= 15 is 0 Å². The number of aryl methyl sites for hydroxylation is 1. The second kappa shape index (κ2) is 9.77. The molecule has 2 rings (SSSR count). The standard InChI is InChI=1S/C22H34N2O3/c1-15(2)20(23-21(25)17-9-7-6-8-10-17)22(26)24(4)14-18-13-16(3)11-12-19(18)27-5/h11-13,15,17,20H,6-10,14H2,1-5H3,(H,23,25)/t20-/m1/s1. The molecule has 150 valence electrons. The predicted molar refractivity (Wildman–Crippen MR) is 108 cm³/mol. The molecule has 27 heavy (non-hydrogen) atoms. The van der Waals surface area contributed by atoms with Crippen LogP contribution in [0.3, 0.4) is 0 Å². The van der Waals surface area contributed by atoms with Gasteiger partial charge >= 0.3 is 0 Å². The first-order valence-corrected chi connectivity index (χ1v) is 10.0. The van der Waals surface area contributed by atoms with Gasteiger partial charge in [-0.05, 0) is 31.7 Å². The molecule has 0 radical (unpaired) electrons. The van der Waals surface area contributed by atoms with E-state index in [1.807, 2.05) is 39.0 Å². The van der Waals surface area contributed by atoms with Crippen LogP contribution in [0, 0.1) is 18.8 Å². The van der Waals surface area contributed by atoms with Crippen LogP contribution in [0.15, 0.2) is 18.2 Å². The number of nitrogens with zero attached hydrogens (tertiary/aromatic N) is 1. The number of likely N-dealkylation sites (N-methyl/N-ethyl adjacent to an activating group) is 1. The van der Waals surface area contributed by atoms with Crippen LogP contribution in [0.4, 0.5) is 0 Å². The van der Waals surface area contributed by atoms with Crippen LogP contribution < -0.4 is 10.1 Å². The van der Waals surface area contributed by atoms with E-state index in [0.717, 1.165) is 42.6 Å². The lowest BCUT2D eigenvalue weighted by Crippen LogP contribution is -2.51. The number of carbonyl (C=O) groups excluding carboxylic acids is 2. The highest BCUT2D eigenvalue weighted by atomic mass is 16.5. The van der Waals surface area contributed by atoms with Crippen LogP contribution in [0.1, 0.15) is 57.1 Å². The van der Waals surface area contributed by atoms with Crippen molar-refractivity contribution in [3.63, 3.8) is 0 Å². The molecule has 1 fully saturated rings. The van der Waals surface area contributed by atoms with Crippen LogP contribution in [-0.4, -0.2) is 36.9 Å². The van der Waals surface area contributed by atoms with Gasteiger partial charge in [0.15, 0.2) is 0 Å². The summed E-state index contributed by atoms with van der Waals surface area (Å²) in [5.41, 5.74) is 2.09. The molecule has 0 unspecified atom stereocenters. The molecule has 0 aromatic heterocycles. The molecule has 1 saturated carbocycles. The van der Waals surface area contributed by atoms with E-state index in [0.29, 0.717) is 6.54 Å². The van der Waals surface area contributed by atoms with Crippen molar-refractivity contribution in [1.82, 2.24) is 10.2 Å². The van der Waals surface area contributed by atoms with Gasteiger partial charge in [0.1, 0.15) is 11.8 Å². The summed E-state index contributed by atoms with van der Waals surface area (Å²) in [7, 11) is 3.42. The summed E-state index contributed by atoms with van der Waals surface area (Å²) in [6.45, 7) is 6.42. The van der Waals surface area contributed by atoms with Crippen molar-refractivity contribution in [3.8, 4) is 5.75 Å². The molecule has 1 aromatic carbocycles. The largest absolute Gasteiger partial charge is 0.496 e. The van der Waals surface area contributed by atoms with Crippen molar-refractivity contribution >= 4 is 11.8 Å². The maximum atomic E-state index is 13.1. The van der Waals surface area contributed by atoms with Gasteiger partial charge in [-0.1, -0.05) is 50.8 Å². The number of hydrogen-bond acceptors (Lipinski definition) is 3. The third-order valence-electron chi connectivity index (χ3n) is 5.43. The highest BCUT2D eigenvalue weighted by Crippen LogP contribution is 2.25.